The lowest BCUT2D eigenvalue weighted by Crippen LogP contribution is -2.56. The highest BCUT2D eigenvalue weighted by Crippen LogP contribution is 2.42. The van der Waals surface area contributed by atoms with E-state index in [1.807, 2.05) is 13.0 Å². The average molecular weight is 275 g/mol. The van der Waals surface area contributed by atoms with E-state index < -0.39 is 5.97 Å². The molecule has 0 radical (unpaired) electrons. The van der Waals surface area contributed by atoms with Gasteiger partial charge in [0.2, 0.25) is 0 Å². The van der Waals surface area contributed by atoms with Crippen molar-refractivity contribution in [2.45, 2.75) is 46.5 Å². The van der Waals surface area contributed by atoms with Crippen LogP contribution in [0.25, 0.3) is 0 Å². The maximum Gasteiger partial charge on any atom is 0.335 e. The van der Waals surface area contributed by atoms with Gasteiger partial charge in [0.1, 0.15) is 0 Å². The number of hydrogen-bond donors (Lipinski definition) is 1. The monoisotopic (exact) mass is 275 g/mol. The van der Waals surface area contributed by atoms with E-state index >= 15 is 0 Å². The van der Waals surface area contributed by atoms with Crippen LogP contribution in [0.2, 0.25) is 0 Å². The summed E-state index contributed by atoms with van der Waals surface area (Å²) in [6, 6.07) is 5.45. The molecule has 2 rings (SSSR count). The summed E-state index contributed by atoms with van der Waals surface area (Å²) in [6.45, 7) is 8.74. The zero-order valence-electron chi connectivity index (χ0n) is 12.8. The van der Waals surface area contributed by atoms with Gasteiger partial charge in [0.25, 0.3) is 0 Å². The molecule has 1 N–H and O–H groups in total. The minimum atomic E-state index is -0.852. The van der Waals surface area contributed by atoms with E-state index in [4.69, 9.17) is 5.11 Å². The maximum absolute atomic E-state index is 11.0. The van der Waals surface area contributed by atoms with Crippen molar-refractivity contribution >= 4 is 11.7 Å². The van der Waals surface area contributed by atoms with Crippen LogP contribution in [0.15, 0.2) is 18.2 Å². The van der Waals surface area contributed by atoms with Gasteiger partial charge in [0, 0.05) is 24.2 Å². The van der Waals surface area contributed by atoms with E-state index in [2.05, 4.69) is 18.7 Å². The summed E-state index contributed by atoms with van der Waals surface area (Å²) >= 11 is 0. The Hall–Kier alpha value is -1.51. The third kappa shape index (κ3) is 2.82. The quantitative estimate of drug-likeness (QED) is 0.849. The van der Waals surface area contributed by atoms with Crippen LogP contribution in [0.3, 0.4) is 0 Å². The summed E-state index contributed by atoms with van der Waals surface area (Å²) < 4.78 is 0. The highest BCUT2D eigenvalue weighted by atomic mass is 16.4. The van der Waals surface area contributed by atoms with Crippen molar-refractivity contribution in [2.75, 3.05) is 18.0 Å². The molecule has 1 aromatic rings. The number of carboxylic acids is 1. The fourth-order valence-corrected chi connectivity index (χ4v) is 3.58. The van der Waals surface area contributed by atoms with Crippen LogP contribution >= 0.6 is 0 Å². The first-order valence-electron chi connectivity index (χ1n) is 7.60. The highest BCUT2D eigenvalue weighted by molar-refractivity contribution is 5.88. The zero-order chi connectivity index (χ0) is 14.8. The summed E-state index contributed by atoms with van der Waals surface area (Å²) in [4.78, 5) is 13.4. The molecule has 0 bridgehead atoms. The maximum atomic E-state index is 11.0. The van der Waals surface area contributed by atoms with Gasteiger partial charge in [-0.2, -0.15) is 0 Å². The first-order valence-corrected chi connectivity index (χ1v) is 7.60. The number of benzene rings is 1. The molecule has 0 aliphatic carbocycles. The van der Waals surface area contributed by atoms with Crippen molar-refractivity contribution in [3.63, 3.8) is 0 Å². The van der Waals surface area contributed by atoms with Gasteiger partial charge in [-0.05, 0) is 43.5 Å². The molecule has 1 saturated heterocycles. The second kappa shape index (κ2) is 5.86. The van der Waals surface area contributed by atoms with Crippen LogP contribution < -0.4 is 4.90 Å². The molecule has 0 amide bonds. The molecule has 3 nitrogen and oxygen atoms in total. The van der Waals surface area contributed by atoms with E-state index in [-0.39, 0.29) is 0 Å². The molecule has 1 fully saturated rings. The van der Waals surface area contributed by atoms with Gasteiger partial charge in [-0.3, -0.25) is 0 Å². The SMILES string of the molecule is CCCC1(CCC)CN(c2ccc(C(=O)O)cc2C)C1. The Labute approximate surface area is 121 Å². The Kier molecular flexibility index (Phi) is 4.36. The lowest BCUT2D eigenvalue weighted by molar-refractivity contribution is 0.0696. The molecule has 1 aromatic carbocycles. The van der Waals surface area contributed by atoms with Crippen molar-refractivity contribution in [3.8, 4) is 0 Å². The molecule has 1 heterocycles. The topological polar surface area (TPSA) is 40.5 Å². The zero-order valence-corrected chi connectivity index (χ0v) is 12.8. The summed E-state index contributed by atoms with van der Waals surface area (Å²) in [6.07, 6.45) is 5.07. The Balaban J connectivity index is 2.10. The van der Waals surface area contributed by atoms with E-state index in [1.165, 1.54) is 31.4 Å². The molecular weight excluding hydrogens is 250 g/mol. The molecule has 0 spiro atoms. The Morgan fingerprint density at radius 2 is 1.85 bits per heavy atom. The highest BCUT2D eigenvalue weighted by Gasteiger charge is 2.41. The van der Waals surface area contributed by atoms with Crippen LogP contribution in [0.4, 0.5) is 5.69 Å². The molecule has 110 valence electrons. The molecule has 0 unspecified atom stereocenters. The van der Waals surface area contributed by atoms with Crippen molar-refractivity contribution in [2.24, 2.45) is 5.41 Å². The number of nitrogens with zero attached hydrogens (tertiary/aromatic N) is 1. The normalized spacial score (nSPS) is 16.9. The van der Waals surface area contributed by atoms with Crippen LogP contribution in [0.1, 0.15) is 55.5 Å². The minimum absolute atomic E-state index is 0.375. The smallest absolute Gasteiger partial charge is 0.335 e. The van der Waals surface area contributed by atoms with Gasteiger partial charge in [-0.15, -0.1) is 0 Å². The van der Waals surface area contributed by atoms with Gasteiger partial charge in [0.15, 0.2) is 0 Å². The van der Waals surface area contributed by atoms with Gasteiger partial charge < -0.3 is 10.0 Å². The molecule has 20 heavy (non-hydrogen) atoms. The Morgan fingerprint density at radius 3 is 2.30 bits per heavy atom. The first kappa shape index (κ1) is 14.9. The van der Waals surface area contributed by atoms with Gasteiger partial charge in [0.05, 0.1) is 5.56 Å². The van der Waals surface area contributed by atoms with Gasteiger partial charge >= 0.3 is 5.97 Å². The van der Waals surface area contributed by atoms with Crippen LogP contribution in [-0.4, -0.2) is 24.2 Å². The molecular formula is C17H25NO2. The Bertz CT molecular complexity index is 482. The second-order valence-electron chi connectivity index (χ2n) is 6.16. The van der Waals surface area contributed by atoms with Crippen LogP contribution in [-0.2, 0) is 0 Å². The van der Waals surface area contributed by atoms with E-state index in [9.17, 15) is 4.79 Å². The summed E-state index contributed by atoms with van der Waals surface area (Å²) in [5, 5.41) is 9.02. The van der Waals surface area contributed by atoms with Crippen molar-refractivity contribution in [1.29, 1.82) is 0 Å². The number of carbonyl (C=O) groups is 1. The van der Waals surface area contributed by atoms with Crippen molar-refractivity contribution in [1.82, 2.24) is 0 Å². The third-order valence-electron chi connectivity index (χ3n) is 4.40. The fraction of sp³-hybridized carbons (Fsp3) is 0.588. The number of anilines is 1. The minimum Gasteiger partial charge on any atom is -0.478 e. The molecule has 1 aliphatic rings. The van der Waals surface area contributed by atoms with E-state index in [0.29, 0.717) is 11.0 Å². The number of aryl methyl sites for hydroxylation is 1. The number of hydrogen-bond acceptors (Lipinski definition) is 2. The van der Waals surface area contributed by atoms with Crippen molar-refractivity contribution in [3.05, 3.63) is 29.3 Å². The number of rotatable bonds is 6. The van der Waals surface area contributed by atoms with Gasteiger partial charge in [-0.1, -0.05) is 26.7 Å². The summed E-state index contributed by atoms with van der Waals surface area (Å²) in [5.41, 5.74) is 3.12. The average Bonchev–Trinajstić information content (AvgIpc) is 2.35. The molecule has 3 heteroatoms. The van der Waals surface area contributed by atoms with Crippen LogP contribution in [0.5, 0.6) is 0 Å². The lowest BCUT2D eigenvalue weighted by atomic mass is 9.72. The molecule has 0 saturated carbocycles. The second-order valence-corrected chi connectivity index (χ2v) is 6.16. The fourth-order valence-electron chi connectivity index (χ4n) is 3.58. The summed E-state index contributed by atoms with van der Waals surface area (Å²) in [5.74, 6) is -0.852. The summed E-state index contributed by atoms with van der Waals surface area (Å²) in [7, 11) is 0. The lowest BCUT2D eigenvalue weighted by Gasteiger charge is -2.52. The van der Waals surface area contributed by atoms with Gasteiger partial charge in [-0.25, -0.2) is 4.79 Å². The number of carboxylic acid groups (broad SMARTS) is 1. The van der Waals surface area contributed by atoms with Crippen LogP contribution in [0, 0.1) is 12.3 Å². The van der Waals surface area contributed by atoms with Crippen molar-refractivity contribution < 1.29 is 9.90 Å². The Morgan fingerprint density at radius 1 is 1.25 bits per heavy atom. The standard InChI is InChI=1S/C17H25NO2/c1-4-8-17(9-5-2)11-18(12-17)15-7-6-14(16(19)20)10-13(15)3/h6-7,10H,4-5,8-9,11-12H2,1-3H3,(H,19,20). The predicted octanol–water partition coefficient (Wildman–Crippen LogP) is 4.10. The molecule has 0 atom stereocenters. The molecule has 0 aromatic heterocycles. The predicted molar refractivity (Wildman–Crippen MR) is 82.6 cm³/mol. The third-order valence-corrected chi connectivity index (χ3v) is 4.40. The molecule has 1 aliphatic heterocycles. The van der Waals surface area contributed by atoms with E-state index in [0.717, 1.165) is 18.7 Å². The first-order chi connectivity index (χ1) is 9.51. The number of aromatic carboxylic acids is 1. The van der Waals surface area contributed by atoms with E-state index in [1.54, 1.807) is 12.1 Å². The largest absolute Gasteiger partial charge is 0.478 e.